The zero-order chi connectivity index (χ0) is 11.6. The minimum absolute atomic E-state index is 0.0557. The van der Waals surface area contributed by atoms with Crippen molar-refractivity contribution in [2.45, 2.75) is 6.04 Å². The molecule has 1 aliphatic heterocycles. The molecule has 1 saturated heterocycles. The summed E-state index contributed by atoms with van der Waals surface area (Å²) in [6, 6.07) is 7.41. The van der Waals surface area contributed by atoms with Crippen molar-refractivity contribution in [2.75, 3.05) is 26.9 Å². The Morgan fingerprint density at radius 2 is 2.06 bits per heavy atom. The van der Waals surface area contributed by atoms with Crippen molar-refractivity contribution in [3.8, 4) is 5.75 Å². The fourth-order valence-corrected chi connectivity index (χ4v) is 1.90. The third kappa shape index (κ3) is 1.80. The Balaban J connectivity index is 2.16. The molecule has 1 atom stereocenters. The van der Waals surface area contributed by atoms with E-state index in [1.54, 1.807) is 7.11 Å². The number of nitrogens with two attached hydrogens (primary N) is 1. The second-order valence-electron chi connectivity index (χ2n) is 4.26. The summed E-state index contributed by atoms with van der Waals surface area (Å²) in [6.07, 6.45) is 0. The van der Waals surface area contributed by atoms with Gasteiger partial charge in [-0.2, -0.15) is 0 Å². The minimum Gasteiger partial charge on any atom is -0.497 e. The lowest BCUT2D eigenvalue weighted by Gasteiger charge is -2.44. The second kappa shape index (κ2) is 4.41. The van der Waals surface area contributed by atoms with Gasteiger partial charge in [-0.1, -0.05) is 12.1 Å². The van der Waals surface area contributed by atoms with Gasteiger partial charge in [-0.3, -0.25) is 0 Å². The van der Waals surface area contributed by atoms with Gasteiger partial charge in [0.15, 0.2) is 0 Å². The Morgan fingerprint density at radius 1 is 1.44 bits per heavy atom. The summed E-state index contributed by atoms with van der Waals surface area (Å²) in [7, 11) is 1.63. The van der Waals surface area contributed by atoms with Gasteiger partial charge < -0.3 is 20.3 Å². The molecule has 0 bridgehead atoms. The first kappa shape index (κ1) is 11.4. The molecular formula is C12H17NO3. The maximum absolute atomic E-state index is 9.38. The van der Waals surface area contributed by atoms with E-state index in [4.69, 9.17) is 15.2 Å². The largest absolute Gasteiger partial charge is 0.497 e. The van der Waals surface area contributed by atoms with Crippen LogP contribution in [0.1, 0.15) is 11.6 Å². The highest BCUT2D eigenvalue weighted by atomic mass is 16.5. The molecule has 1 heterocycles. The SMILES string of the molecule is COc1ccc(C(N)C2(CO)COC2)cc1. The number of methoxy groups -OCH3 is 1. The molecule has 0 amide bonds. The average Bonchev–Trinajstić information content (AvgIpc) is 2.28. The molecule has 1 aliphatic rings. The molecule has 4 nitrogen and oxygen atoms in total. The Labute approximate surface area is 95.0 Å². The van der Waals surface area contributed by atoms with Crippen molar-refractivity contribution in [3.63, 3.8) is 0 Å². The Kier molecular flexibility index (Phi) is 3.14. The van der Waals surface area contributed by atoms with Crippen molar-refractivity contribution in [1.29, 1.82) is 0 Å². The molecule has 0 aromatic heterocycles. The van der Waals surface area contributed by atoms with Gasteiger partial charge >= 0.3 is 0 Å². The first-order valence-corrected chi connectivity index (χ1v) is 5.30. The van der Waals surface area contributed by atoms with Crippen LogP contribution < -0.4 is 10.5 Å². The topological polar surface area (TPSA) is 64.7 Å². The highest BCUT2D eigenvalue weighted by Crippen LogP contribution is 2.38. The van der Waals surface area contributed by atoms with Gasteiger partial charge in [-0.15, -0.1) is 0 Å². The summed E-state index contributed by atoms with van der Waals surface area (Å²) >= 11 is 0. The average molecular weight is 223 g/mol. The molecule has 1 fully saturated rings. The van der Waals surface area contributed by atoms with Gasteiger partial charge in [0.1, 0.15) is 5.75 Å². The standard InChI is InChI=1S/C12H17NO3/c1-15-10-4-2-9(3-5-10)11(13)12(6-14)7-16-8-12/h2-5,11,14H,6-8,13H2,1H3. The second-order valence-corrected chi connectivity index (χ2v) is 4.26. The maximum Gasteiger partial charge on any atom is 0.118 e. The fourth-order valence-electron chi connectivity index (χ4n) is 1.90. The number of hydrogen-bond donors (Lipinski definition) is 2. The molecule has 0 spiro atoms. The van der Waals surface area contributed by atoms with E-state index in [2.05, 4.69) is 0 Å². The van der Waals surface area contributed by atoms with E-state index >= 15 is 0 Å². The van der Waals surface area contributed by atoms with Crippen LogP contribution in [-0.2, 0) is 4.74 Å². The van der Waals surface area contributed by atoms with E-state index < -0.39 is 0 Å². The Hall–Kier alpha value is -1.10. The molecular weight excluding hydrogens is 206 g/mol. The van der Waals surface area contributed by atoms with E-state index in [1.165, 1.54) is 0 Å². The van der Waals surface area contributed by atoms with Gasteiger partial charge in [0.2, 0.25) is 0 Å². The summed E-state index contributed by atoms with van der Waals surface area (Å²) in [5, 5.41) is 9.38. The summed E-state index contributed by atoms with van der Waals surface area (Å²) in [4.78, 5) is 0. The van der Waals surface area contributed by atoms with Crippen LogP contribution in [0.2, 0.25) is 0 Å². The van der Waals surface area contributed by atoms with Crippen LogP contribution in [0.4, 0.5) is 0 Å². The van der Waals surface area contributed by atoms with Crippen LogP contribution in [0.3, 0.4) is 0 Å². The molecule has 88 valence electrons. The number of ether oxygens (including phenoxy) is 2. The van der Waals surface area contributed by atoms with Crippen LogP contribution >= 0.6 is 0 Å². The molecule has 0 aliphatic carbocycles. The summed E-state index contributed by atoms with van der Waals surface area (Å²) < 4.78 is 10.2. The molecule has 1 unspecified atom stereocenters. The molecule has 3 N–H and O–H groups in total. The molecule has 0 radical (unpaired) electrons. The predicted molar refractivity (Wildman–Crippen MR) is 60.3 cm³/mol. The van der Waals surface area contributed by atoms with Crippen LogP contribution in [-0.4, -0.2) is 32.0 Å². The quantitative estimate of drug-likeness (QED) is 0.788. The Morgan fingerprint density at radius 3 is 2.44 bits per heavy atom. The van der Waals surface area contributed by atoms with Crippen LogP contribution in [0.25, 0.3) is 0 Å². The van der Waals surface area contributed by atoms with Crippen molar-refractivity contribution < 1.29 is 14.6 Å². The fraction of sp³-hybridized carbons (Fsp3) is 0.500. The van der Waals surface area contributed by atoms with Gasteiger partial charge in [-0.05, 0) is 17.7 Å². The minimum atomic E-state index is -0.311. The number of benzene rings is 1. The zero-order valence-electron chi connectivity index (χ0n) is 9.35. The van der Waals surface area contributed by atoms with Crippen molar-refractivity contribution in [2.24, 2.45) is 11.1 Å². The molecule has 1 aromatic rings. The molecule has 0 saturated carbocycles. The monoisotopic (exact) mass is 223 g/mol. The molecule has 2 rings (SSSR count). The normalized spacial score (nSPS) is 19.9. The number of aliphatic hydroxyl groups is 1. The first-order chi connectivity index (χ1) is 7.72. The van der Waals surface area contributed by atoms with Crippen molar-refractivity contribution >= 4 is 0 Å². The van der Waals surface area contributed by atoms with Crippen LogP contribution in [0.15, 0.2) is 24.3 Å². The maximum atomic E-state index is 9.38. The third-order valence-corrected chi connectivity index (χ3v) is 3.23. The zero-order valence-corrected chi connectivity index (χ0v) is 9.35. The predicted octanol–water partition coefficient (Wildman–Crippen LogP) is 0.704. The van der Waals surface area contributed by atoms with E-state index in [-0.39, 0.29) is 18.1 Å². The van der Waals surface area contributed by atoms with Gasteiger partial charge in [0, 0.05) is 6.04 Å². The number of aliphatic hydroxyl groups excluding tert-OH is 1. The van der Waals surface area contributed by atoms with Gasteiger partial charge in [0.05, 0.1) is 32.3 Å². The van der Waals surface area contributed by atoms with Crippen molar-refractivity contribution in [1.82, 2.24) is 0 Å². The smallest absolute Gasteiger partial charge is 0.118 e. The summed E-state index contributed by atoms with van der Waals surface area (Å²) in [6.45, 7) is 1.10. The van der Waals surface area contributed by atoms with Crippen LogP contribution in [0, 0.1) is 5.41 Å². The van der Waals surface area contributed by atoms with Gasteiger partial charge in [-0.25, -0.2) is 0 Å². The molecule has 1 aromatic carbocycles. The summed E-state index contributed by atoms with van der Waals surface area (Å²) in [5.41, 5.74) is 6.84. The van der Waals surface area contributed by atoms with E-state index in [1.807, 2.05) is 24.3 Å². The molecule has 16 heavy (non-hydrogen) atoms. The highest BCUT2D eigenvalue weighted by Gasteiger charge is 2.44. The lowest BCUT2D eigenvalue weighted by atomic mass is 9.76. The Bertz CT molecular complexity index is 340. The van der Waals surface area contributed by atoms with Crippen molar-refractivity contribution in [3.05, 3.63) is 29.8 Å². The van der Waals surface area contributed by atoms with E-state index in [0.29, 0.717) is 13.2 Å². The van der Waals surface area contributed by atoms with E-state index in [9.17, 15) is 5.11 Å². The lowest BCUT2D eigenvalue weighted by Crippen LogP contribution is -2.52. The third-order valence-electron chi connectivity index (χ3n) is 3.23. The number of hydrogen-bond acceptors (Lipinski definition) is 4. The molecule has 4 heteroatoms. The lowest BCUT2D eigenvalue weighted by molar-refractivity contribution is -0.150. The highest BCUT2D eigenvalue weighted by molar-refractivity contribution is 5.30. The van der Waals surface area contributed by atoms with E-state index in [0.717, 1.165) is 11.3 Å². The summed E-state index contributed by atoms with van der Waals surface area (Å²) in [5.74, 6) is 0.804. The number of rotatable bonds is 4. The van der Waals surface area contributed by atoms with Crippen LogP contribution in [0.5, 0.6) is 5.75 Å². The van der Waals surface area contributed by atoms with Gasteiger partial charge in [0.25, 0.3) is 0 Å². The first-order valence-electron chi connectivity index (χ1n) is 5.30.